The standard InChI is InChI=1S/C19H18O3/c1-13-17-10-8-16(22-12-14-5-3-2-4-6-14)11-15(17)7-9-18(13)19(20)21/h2-6,8,10-11H,7,9,12H2,1H3,(H,20,21). The molecule has 0 fully saturated rings. The van der Waals surface area contributed by atoms with Crippen LogP contribution in [-0.2, 0) is 17.8 Å². The van der Waals surface area contributed by atoms with Crippen LogP contribution in [0.2, 0.25) is 0 Å². The zero-order valence-electron chi connectivity index (χ0n) is 12.5. The maximum absolute atomic E-state index is 11.2. The minimum absolute atomic E-state index is 0.519. The van der Waals surface area contributed by atoms with Crippen molar-refractivity contribution in [2.24, 2.45) is 0 Å². The van der Waals surface area contributed by atoms with Gasteiger partial charge in [-0.2, -0.15) is 0 Å². The van der Waals surface area contributed by atoms with Crippen molar-refractivity contribution in [2.75, 3.05) is 0 Å². The lowest BCUT2D eigenvalue weighted by molar-refractivity contribution is -0.132. The molecule has 2 aromatic carbocycles. The van der Waals surface area contributed by atoms with E-state index in [1.807, 2.05) is 55.5 Å². The lowest BCUT2D eigenvalue weighted by Gasteiger charge is -2.20. The molecule has 1 aliphatic rings. The molecule has 0 amide bonds. The Labute approximate surface area is 129 Å². The van der Waals surface area contributed by atoms with Crippen molar-refractivity contribution >= 4 is 11.5 Å². The number of aryl methyl sites for hydroxylation is 1. The van der Waals surface area contributed by atoms with Gasteiger partial charge in [0.1, 0.15) is 12.4 Å². The van der Waals surface area contributed by atoms with Gasteiger partial charge in [0, 0.05) is 5.57 Å². The number of hydrogen-bond donors (Lipinski definition) is 1. The van der Waals surface area contributed by atoms with E-state index in [-0.39, 0.29) is 0 Å². The Balaban J connectivity index is 1.79. The molecule has 1 aliphatic carbocycles. The molecule has 0 saturated carbocycles. The number of rotatable bonds is 4. The normalized spacial score (nSPS) is 13.7. The van der Waals surface area contributed by atoms with Crippen LogP contribution in [0.15, 0.2) is 54.1 Å². The highest BCUT2D eigenvalue weighted by Gasteiger charge is 2.20. The zero-order valence-corrected chi connectivity index (χ0v) is 12.5. The molecule has 0 bridgehead atoms. The number of fused-ring (bicyclic) bond motifs is 1. The van der Waals surface area contributed by atoms with Crippen LogP contribution in [0.4, 0.5) is 0 Å². The Bertz CT molecular complexity index is 730. The second kappa shape index (κ2) is 6.06. The molecule has 1 N–H and O–H groups in total. The average molecular weight is 294 g/mol. The number of ether oxygens (including phenoxy) is 1. The van der Waals surface area contributed by atoms with Crippen LogP contribution < -0.4 is 4.74 Å². The van der Waals surface area contributed by atoms with Gasteiger partial charge in [-0.1, -0.05) is 36.4 Å². The van der Waals surface area contributed by atoms with Gasteiger partial charge >= 0.3 is 5.97 Å². The molecule has 112 valence electrons. The fourth-order valence-electron chi connectivity index (χ4n) is 2.85. The van der Waals surface area contributed by atoms with Crippen molar-refractivity contribution in [3.63, 3.8) is 0 Å². The number of benzene rings is 2. The van der Waals surface area contributed by atoms with Crippen LogP contribution in [0.5, 0.6) is 5.75 Å². The molecule has 0 heterocycles. The van der Waals surface area contributed by atoms with Crippen LogP contribution in [0, 0.1) is 0 Å². The van der Waals surface area contributed by atoms with Crippen molar-refractivity contribution in [3.05, 3.63) is 70.8 Å². The van der Waals surface area contributed by atoms with Gasteiger partial charge in [-0.05, 0) is 54.2 Å². The molecule has 0 atom stereocenters. The fourth-order valence-corrected chi connectivity index (χ4v) is 2.85. The van der Waals surface area contributed by atoms with Crippen LogP contribution in [0.25, 0.3) is 5.57 Å². The molecule has 0 saturated heterocycles. The minimum atomic E-state index is -0.812. The zero-order chi connectivity index (χ0) is 15.5. The third-order valence-electron chi connectivity index (χ3n) is 4.08. The summed E-state index contributed by atoms with van der Waals surface area (Å²) in [5.41, 5.74) is 4.70. The van der Waals surface area contributed by atoms with E-state index in [1.54, 1.807) is 0 Å². The van der Waals surface area contributed by atoms with Gasteiger partial charge < -0.3 is 9.84 Å². The predicted molar refractivity (Wildman–Crippen MR) is 85.8 cm³/mol. The number of carboxylic acids is 1. The molecule has 3 rings (SSSR count). The summed E-state index contributed by atoms with van der Waals surface area (Å²) < 4.78 is 5.84. The Hall–Kier alpha value is -2.55. The van der Waals surface area contributed by atoms with E-state index >= 15 is 0 Å². The van der Waals surface area contributed by atoms with Crippen molar-refractivity contribution in [1.82, 2.24) is 0 Å². The molecule has 22 heavy (non-hydrogen) atoms. The van der Waals surface area contributed by atoms with Gasteiger partial charge in [0.2, 0.25) is 0 Å². The quantitative estimate of drug-likeness (QED) is 0.924. The second-order valence-corrected chi connectivity index (χ2v) is 5.50. The molecule has 3 nitrogen and oxygen atoms in total. The summed E-state index contributed by atoms with van der Waals surface area (Å²) in [4.78, 5) is 11.2. The largest absolute Gasteiger partial charge is 0.489 e. The first-order chi connectivity index (χ1) is 10.6. The Morgan fingerprint density at radius 2 is 1.91 bits per heavy atom. The van der Waals surface area contributed by atoms with Crippen LogP contribution in [0.1, 0.15) is 30.0 Å². The summed E-state index contributed by atoms with van der Waals surface area (Å²) >= 11 is 0. The summed E-state index contributed by atoms with van der Waals surface area (Å²) in [6.45, 7) is 2.42. The topological polar surface area (TPSA) is 46.5 Å². The number of hydrogen-bond acceptors (Lipinski definition) is 2. The average Bonchev–Trinajstić information content (AvgIpc) is 2.54. The number of allylic oxidation sites excluding steroid dienone is 1. The summed E-state index contributed by atoms with van der Waals surface area (Å²) in [6, 6.07) is 15.9. The second-order valence-electron chi connectivity index (χ2n) is 5.50. The third kappa shape index (κ3) is 2.89. The summed E-state index contributed by atoms with van der Waals surface area (Å²) in [6.07, 6.45) is 1.33. The van der Waals surface area contributed by atoms with E-state index in [9.17, 15) is 9.90 Å². The Kier molecular flexibility index (Phi) is 3.96. The molecule has 0 spiro atoms. The smallest absolute Gasteiger partial charge is 0.331 e. The predicted octanol–water partition coefficient (Wildman–Crippen LogP) is 4.07. The van der Waals surface area contributed by atoms with E-state index in [1.165, 1.54) is 0 Å². The molecule has 0 aliphatic heterocycles. The van der Waals surface area contributed by atoms with Crippen molar-refractivity contribution in [3.8, 4) is 5.75 Å². The molecule has 0 radical (unpaired) electrons. The highest BCUT2D eigenvalue weighted by atomic mass is 16.5. The summed E-state index contributed by atoms with van der Waals surface area (Å²) in [5, 5.41) is 9.22. The van der Waals surface area contributed by atoms with Gasteiger partial charge in [-0.3, -0.25) is 0 Å². The Morgan fingerprint density at radius 3 is 2.64 bits per heavy atom. The lowest BCUT2D eigenvalue weighted by Crippen LogP contribution is -2.11. The monoisotopic (exact) mass is 294 g/mol. The van der Waals surface area contributed by atoms with Gasteiger partial charge in [0.25, 0.3) is 0 Å². The summed E-state index contributed by atoms with van der Waals surface area (Å²) in [7, 11) is 0. The molecular weight excluding hydrogens is 276 g/mol. The minimum Gasteiger partial charge on any atom is -0.489 e. The van der Waals surface area contributed by atoms with E-state index in [0.717, 1.165) is 34.4 Å². The van der Waals surface area contributed by atoms with Crippen LogP contribution in [0.3, 0.4) is 0 Å². The third-order valence-corrected chi connectivity index (χ3v) is 4.08. The van der Waals surface area contributed by atoms with Crippen molar-refractivity contribution < 1.29 is 14.6 Å². The number of carboxylic acid groups (broad SMARTS) is 1. The molecule has 3 heteroatoms. The van der Waals surface area contributed by atoms with E-state index < -0.39 is 5.97 Å². The van der Waals surface area contributed by atoms with Crippen LogP contribution >= 0.6 is 0 Å². The lowest BCUT2D eigenvalue weighted by atomic mass is 9.86. The molecule has 2 aromatic rings. The van der Waals surface area contributed by atoms with E-state index in [4.69, 9.17) is 4.74 Å². The van der Waals surface area contributed by atoms with Gasteiger partial charge in [-0.25, -0.2) is 4.79 Å². The van der Waals surface area contributed by atoms with Crippen molar-refractivity contribution in [2.45, 2.75) is 26.4 Å². The molecular formula is C19H18O3. The van der Waals surface area contributed by atoms with E-state index in [2.05, 4.69) is 0 Å². The first kappa shape index (κ1) is 14.4. The number of carbonyl (C=O) groups is 1. The molecule has 0 unspecified atom stereocenters. The highest BCUT2D eigenvalue weighted by Crippen LogP contribution is 2.33. The summed E-state index contributed by atoms with van der Waals surface area (Å²) in [5.74, 6) is 0.0155. The van der Waals surface area contributed by atoms with Gasteiger partial charge in [-0.15, -0.1) is 0 Å². The van der Waals surface area contributed by atoms with Crippen LogP contribution in [-0.4, -0.2) is 11.1 Å². The van der Waals surface area contributed by atoms with Crippen molar-refractivity contribution in [1.29, 1.82) is 0 Å². The first-order valence-electron chi connectivity index (χ1n) is 7.38. The van der Waals surface area contributed by atoms with Gasteiger partial charge in [0.05, 0.1) is 0 Å². The maximum atomic E-state index is 11.2. The maximum Gasteiger partial charge on any atom is 0.331 e. The fraction of sp³-hybridized carbons (Fsp3) is 0.211. The van der Waals surface area contributed by atoms with Gasteiger partial charge in [0.15, 0.2) is 0 Å². The number of aliphatic carboxylic acids is 1. The van der Waals surface area contributed by atoms with E-state index in [0.29, 0.717) is 18.6 Å². The highest BCUT2D eigenvalue weighted by molar-refractivity contribution is 5.97. The SMILES string of the molecule is CC1=C(C(=O)O)CCc2cc(OCc3ccccc3)ccc21. The Morgan fingerprint density at radius 1 is 1.14 bits per heavy atom. The molecule has 0 aromatic heterocycles. The first-order valence-corrected chi connectivity index (χ1v) is 7.38.